The largest absolute Gasteiger partial charge is 0.395 e. The second kappa shape index (κ2) is 6.17. The van der Waals surface area contributed by atoms with Gasteiger partial charge in [-0.25, -0.2) is 0 Å². The molecule has 100 valence electrons. The van der Waals surface area contributed by atoms with Crippen LogP contribution in [0.25, 0.3) is 0 Å². The molecule has 2 aliphatic rings. The van der Waals surface area contributed by atoms with E-state index in [2.05, 4.69) is 12.2 Å². The predicted molar refractivity (Wildman–Crippen MR) is 69.1 cm³/mol. The van der Waals surface area contributed by atoms with Gasteiger partial charge in [-0.3, -0.25) is 0 Å². The van der Waals surface area contributed by atoms with Crippen molar-refractivity contribution < 1.29 is 9.84 Å². The van der Waals surface area contributed by atoms with Crippen LogP contribution in [0.5, 0.6) is 0 Å². The smallest absolute Gasteiger partial charge is 0.0697 e. The van der Waals surface area contributed by atoms with Gasteiger partial charge in [-0.15, -0.1) is 0 Å². The Bertz CT molecular complexity index is 217. The minimum atomic E-state index is 0.169. The second-order valence-corrected chi connectivity index (χ2v) is 5.74. The van der Waals surface area contributed by atoms with Crippen LogP contribution in [-0.4, -0.2) is 36.0 Å². The minimum Gasteiger partial charge on any atom is -0.395 e. The molecule has 1 spiro atoms. The van der Waals surface area contributed by atoms with E-state index in [1.165, 1.54) is 32.1 Å². The van der Waals surface area contributed by atoms with Gasteiger partial charge in [0.1, 0.15) is 0 Å². The van der Waals surface area contributed by atoms with E-state index in [9.17, 15) is 5.11 Å². The van der Waals surface area contributed by atoms with Crippen LogP contribution in [0, 0.1) is 0 Å². The molecule has 3 nitrogen and oxygen atoms in total. The number of hydrogen-bond acceptors (Lipinski definition) is 3. The summed E-state index contributed by atoms with van der Waals surface area (Å²) >= 11 is 0. The molecule has 0 aromatic rings. The topological polar surface area (TPSA) is 41.5 Å². The second-order valence-electron chi connectivity index (χ2n) is 5.74. The third-order valence-electron chi connectivity index (χ3n) is 4.44. The first kappa shape index (κ1) is 13.3. The molecule has 2 fully saturated rings. The number of rotatable bonds is 4. The van der Waals surface area contributed by atoms with E-state index in [0.717, 1.165) is 25.9 Å². The van der Waals surface area contributed by atoms with Crippen LogP contribution in [0.4, 0.5) is 0 Å². The van der Waals surface area contributed by atoms with E-state index in [1.54, 1.807) is 0 Å². The van der Waals surface area contributed by atoms with Gasteiger partial charge >= 0.3 is 0 Å². The van der Waals surface area contributed by atoms with Crippen molar-refractivity contribution in [2.45, 2.75) is 76.0 Å². The predicted octanol–water partition coefficient (Wildman–Crippen LogP) is 2.23. The lowest BCUT2D eigenvalue weighted by Crippen LogP contribution is -2.51. The maximum atomic E-state index is 9.26. The maximum Gasteiger partial charge on any atom is 0.0697 e. The van der Waals surface area contributed by atoms with Crippen molar-refractivity contribution in [2.24, 2.45) is 0 Å². The lowest BCUT2D eigenvalue weighted by atomic mass is 9.78. The molecular weight excluding hydrogens is 214 g/mol. The zero-order valence-electron chi connectivity index (χ0n) is 11.1. The van der Waals surface area contributed by atoms with E-state index in [0.29, 0.717) is 6.04 Å². The molecular formula is C14H27NO2. The van der Waals surface area contributed by atoms with Crippen molar-refractivity contribution in [3.05, 3.63) is 0 Å². The molecule has 2 atom stereocenters. The van der Waals surface area contributed by atoms with Crippen LogP contribution in [0.3, 0.4) is 0 Å². The third kappa shape index (κ3) is 3.43. The van der Waals surface area contributed by atoms with Gasteiger partial charge in [0.25, 0.3) is 0 Å². The van der Waals surface area contributed by atoms with Gasteiger partial charge in [0, 0.05) is 18.7 Å². The molecule has 2 N–H and O–H groups in total. The Balaban J connectivity index is 1.87. The molecule has 1 saturated heterocycles. The summed E-state index contributed by atoms with van der Waals surface area (Å²) in [6.07, 6.45) is 9.73. The van der Waals surface area contributed by atoms with Crippen molar-refractivity contribution in [1.29, 1.82) is 0 Å². The molecule has 1 aliphatic carbocycles. The molecule has 3 heteroatoms. The Morgan fingerprint density at radius 1 is 1.35 bits per heavy atom. The van der Waals surface area contributed by atoms with Crippen LogP contribution in [0.2, 0.25) is 0 Å². The van der Waals surface area contributed by atoms with Gasteiger partial charge in [-0.1, -0.05) is 26.2 Å². The van der Waals surface area contributed by atoms with Crippen LogP contribution in [0.15, 0.2) is 0 Å². The summed E-state index contributed by atoms with van der Waals surface area (Å²) in [5, 5.41) is 12.9. The molecule has 0 aromatic carbocycles. The van der Waals surface area contributed by atoms with Gasteiger partial charge in [0.15, 0.2) is 0 Å². The standard InChI is InChI=1S/C14H27NO2/c1-2-12(11-16)15-13-6-9-17-14(10-13)7-4-3-5-8-14/h12-13,15-16H,2-11H2,1H3. The highest BCUT2D eigenvalue weighted by Gasteiger charge is 2.38. The van der Waals surface area contributed by atoms with Crippen LogP contribution < -0.4 is 5.32 Å². The molecule has 0 aromatic heterocycles. The summed E-state index contributed by atoms with van der Waals surface area (Å²) in [5.74, 6) is 0. The molecule has 2 unspecified atom stereocenters. The summed E-state index contributed by atoms with van der Waals surface area (Å²) < 4.78 is 6.08. The summed E-state index contributed by atoms with van der Waals surface area (Å²) in [5.41, 5.74) is 0.169. The molecule has 1 aliphatic heterocycles. The average Bonchev–Trinajstić information content (AvgIpc) is 2.37. The first-order valence-corrected chi connectivity index (χ1v) is 7.29. The fourth-order valence-corrected chi connectivity index (χ4v) is 3.35. The minimum absolute atomic E-state index is 0.169. The molecule has 2 rings (SSSR count). The van der Waals surface area contributed by atoms with E-state index in [-0.39, 0.29) is 18.2 Å². The van der Waals surface area contributed by atoms with Gasteiger partial charge in [-0.2, -0.15) is 0 Å². The third-order valence-corrected chi connectivity index (χ3v) is 4.44. The Hall–Kier alpha value is -0.120. The molecule has 0 amide bonds. The van der Waals surface area contributed by atoms with Gasteiger partial charge < -0.3 is 15.2 Å². The van der Waals surface area contributed by atoms with Gasteiger partial charge in [0.2, 0.25) is 0 Å². The van der Waals surface area contributed by atoms with Gasteiger partial charge in [0.05, 0.1) is 12.2 Å². The van der Waals surface area contributed by atoms with Crippen molar-refractivity contribution in [1.82, 2.24) is 5.32 Å². The highest BCUT2D eigenvalue weighted by molar-refractivity contribution is 4.92. The summed E-state index contributed by atoms with van der Waals surface area (Å²) in [4.78, 5) is 0. The quantitative estimate of drug-likeness (QED) is 0.793. The summed E-state index contributed by atoms with van der Waals surface area (Å²) in [7, 11) is 0. The Morgan fingerprint density at radius 3 is 2.76 bits per heavy atom. The van der Waals surface area contributed by atoms with Crippen LogP contribution in [-0.2, 0) is 4.74 Å². The zero-order valence-corrected chi connectivity index (χ0v) is 11.1. The number of nitrogens with one attached hydrogen (secondary N) is 1. The van der Waals surface area contributed by atoms with E-state index in [1.807, 2.05) is 0 Å². The lowest BCUT2D eigenvalue weighted by molar-refractivity contribution is -0.110. The van der Waals surface area contributed by atoms with E-state index < -0.39 is 0 Å². The summed E-state index contributed by atoms with van der Waals surface area (Å²) in [6.45, 7) is 3.27. The number of ether oxygens (including phenoxy) is 1. The number of hydrogen-bond donors (Lipinski definition) is 2. The normalized spacial score (nSPS) is 30.4. The molecule has 0 radical (unpaired) electrons. The van der Waals surface area contributed by atoms with Crippen molar-refractivity contribution in [3.8, 4) is 0 Å². The molecule has 17 heavy (non-hydrogen) atoms. The highest BCUT2D eigenvalue weighted by atomic mass is 16.5. The van der Waals surface area contributed by atoms with E-state index in [4.69, 9.17) is 4.74 Å². The monoisotopic (exact) mass is 241 g/mol. The van der Waals surface area contributed by atoms with Crippen molar-refractivity contribution in [3.63, 3.8) is 0 Å². The number of aliphatic hydroxyl groups is 1. The Labute approximate surface area is 105 Å². The first-order chi connectivity index (χ1) is 8.28. The SMILES string of the molecule is CCC(CO)NC1CCOC2(CCCCC2)C1. The zero-order chi connectivity index (χ0) is 12.1. The average molecular weight is 241 g/mol. The summed E-state index contributed by atoms with van der Waals surface area (Å²) in [6, 6.07) is 0.803. The fourth-order valence-electron chi connectivity index (χ4n) is 3.35. The van der Waals surface area contributed by atoms with E-state index >= 15 is 0 Å². The Morgan fingerprint density at radius 2 is 2.12 bits per heavy atom. The molecule has 1 saturated carbocycles. The van der Waals surface area contributed by atoms with Crippen LogP contribution >= 0.6 is 0 Å². The first-order valence-electron chi connectivity index (χ1n) is 7.29. The van der Waals surface area contributed by atoms with Crippen LogP contribution in [0.1, 0.15) is 58.3 Å². The number of aliphatic hydroxyl groups excluding tert-OH is 1. The van der Waals surface area contributed by atoms with Crippen molar-refractivity contribution >= 4 is 0 Å². The Kier molecular flexibility index (Phi) is 4.83. The highest BCUT2D eigenvalue weighted by Crippen LogP contribution is 2.38. The molecule has 1 heterocycles. The fraction of sp³-hybridized carbons (Fsp3) is 1.00. The van der Waals surface area contributed by atoms with Gasteiger partial charge in [-0.05, 0) is 32.1 Å². The molecule has 0 bridgehead atoms. The van der Waals surface area contributed by atoms with Crippen molar-refractivity contribution in [2.75, 3.05) is 13.2 Å². The maximum absolute atomic E-state index is 9.26. The lowest BCUT2D eigenvalue weighted by Gasteiger charge is -2.44.